The van der Waals surface area contributed by atoms with Crippen molar-refractivity contribution >= 4 is 22.5 Å². The number of hydrogen-bond donors (Lipinski definition) is 0. The zero-order valence-corrected chi connectivity index (χ0v) is 13.7. The molecule has 4 nitrogen and oxygen atoms in total. The molecule has 2 aromatic rings. The van der Waals surface area contributed by atoms with Gasteiger partial charge >= 0.3 is 6.18 Å². The van der Waals surface area contributed by atoms with Crippen molar-refractivity contribution in [3.8, 4) is 0 Å². The van der Waals surface area contributed by atoms with Gasteiger partial charge in [0.15, 0.2) is 0 Å². The Morgan fingerprint density at radius 2 is 1.92 bits per heavy atom. The first-order chi connectivity index (χ1) is 11.2. The van der Waals surface area contributed by atoms with E-state index in [-0.39, 0.29) is 11.9 Å². The molecule has 24 heavy (non-hydrogen) atoms. The Hall–Kier alpha value is -2.31. The number of likely N-dealkylation sites (N-methyl/N-ethyl adjacent to an activating group) is 1. The number of pyridine rings is 1. The van der Waals surface area contributed by atoms with Gasteiger partial charge in [-0.1, -0.05) is 6.07 Å². The number of fused-ring (bicyclic) bond motifs is 1. The van der Waals surface area contributed by atoms with E-state index >= 15 is 0 Å². The maximum absolute atomic E-state index is 12.9. The van der Waals surface area contributed by atoms with E-state index in [1.807, 2.05) is 17.9 Å². The lowest BCUT2D eigenvalue weighted by molar-refractivity contribution is -0.137. The van der Waals surface area contributed by atoms with Crippen molar-refractivity contribution < 1.29 is 18.0 Å². The van der Waals surface area contributed by atoms with Gasteiger partial charge in [0, 0.05) is 36.9 Å². The molecule has 1 fully saturated rings. The van der Waals surface area contributed by atoms with Gasteiger partial charge in [0.2, 0.25) is 5.91 Å². The summed E-state index contributed by atoms with van der Waals surface area (Å²) in [5.74, 6) is -0.00391. The van der Waals surface area contributed by atoms with Gasteiger partial charge in [0.1, 0.15) is 6.04 Å². The molecule has 3 rings (SSSR count). The third-order valence-electron chi connectivity index (χ3n) is 4.43. The molecule has 0 aliphatic carbocycles. The molecule has 0 spiro atoms. The fraction of sp³-hybridized carbons (Fsp3) is 0.412. The minimum Gasteiger partial charge on any atom is -0.357 e. The highest BCUT2D eigenvalue weighted by molar-refractivity contribution is 5.95. The number of aromatic nitrogens is 1. The van der Waals surface area contributed by atoms with Crippen LogP contribution in [0.5, 0.6) is 0 Å². The fourth-order valence-electron chi connectivity index (χ4n) is 3.10. The Bertz CT molecular complexity index is 804. The second kappa shape index (κ2) is 5.65. The topological polar surface area (TPSA) is 36.4 Å². The Morgan fingerprint density at radius 3 is 2.58 bits per heavy atom. The zero-order valence-electron chi connectivity index (χ0n) is 13.7. The van der Waals surface area contributed by atoms with Crippen LogP contribution in [0.3, 0.4) is 0 Å². The fourth-order valence-corrected chi connectivity index (χ4v) is 3.10. The van der Waals surface area contributed by atoms with E-state index in [2.05, 4.69) is 4.98 Å². The third kappa shape index (κ3) is 2.79. The molecule has 1 aliphatic heterocycles. The predicted molar refractivity (Wildman–Crippen MR) is 85.9 cm³/mol. The summed E-state index contributed by atoms with van der Waals surface area (Å²) in [5.41, 5.74) is 0.940. The highest BCUT2D eigenvalue weighted by Crippen LogP contribution is 2.35. The minimum absolute atomic E-state index is 0.00391. The van der Waals surface area contributed by atoms with Gasteiger partial charge < -0.3 is 9.80 Å². The van der Waals surface area contributed by atoms with E-state index < -0.39 is 11.7 Å². The van der Waals surface area contributed by atoms with Crippen LogP contribution in [-0.2, 0) is 11.0 Å². The number of piperazine rings is 1. The van der Waals surface area contributed by atoms with Crippen LogP contribution < -0.4 is 4.90 Å². The molecule has 7 heteroatoms. The van der Waals surface area contributed by atoms with Crippen LogP contribution in [-0.4, -0.2) is 42.0 Å². The van der Waals surface area contributed by atoms with E-state index in [9.17, 15) is 18.0 Å². The number of anilines is 1. The van der Waals surface area contributed by atoms with Crippen LogP contribution in [0.15, 0.2) is 24.3 Å². The highest BCUT2D eigenvalue weighted by Gasteiger charge is 2.33. The second-order valence-electron chi connectivity index (χ2n) is 6.14. The number of nitrogens with zero attached hydrogens (tertiary/aromatic N) is 3. The van der Waals surface area contributed by atoms with E-state index in [0.717, 1.165) is 17.8 Å². The SMILES string of the molecule is Cc1cc(N2CCN(C)C(=O)C2C)c2ccc(C(F)(F)F)cc2n1. The van der Waals surface area contributed by atoms with Gasteiger partial charge in [-0.15, -0.1) is 0 Å². The van der Waals surface area contributed by atoms with Crippen LogP contribution in [0.25, 0.3) is 10.9 Å². The van der Waals surface area contributed by atoms with Crippen molar-refractivity contribution in [2.45, 2.75) is 26.1 Å². The van der Waals surface area contributed by atoms with Crippen LogP contribution in [0, 0.1) is 6.92 Å². The number of carbonyl (C=O) groups is 1. The third-order valence-corrected chi connectivity index (χ3v) is 4.43. The number of rotatable bonds is 1. The zero-order chi connectivity index (χ0) is 17.6. The number of benzene rings is 1. The largest absolute Gasteiger partial charge is 0.416 e. The summed E-state index contributed by atoms with van der Waals surface area (Å²) in [7, 11) is 1.75. The maximum Gasteiger partial charge on any atom is 0.416 e. The number of hydrogen-bond acceptors (Lipinski definition) is 3. The van der Waals surface area contributed by atoms with Crippen molar-refractivity contribution in [3.63, 3.8) is 0 Å². The molecule has 0 bridgehead atoms. The molecule has 0 saturated carbocycles. The van der Waals surface area contributed by atoms with Crippen molar-refractivity contribution in [3.05, 3.63) is 35.5 Å². The van der Waals surface area contributed by atoms with Gasteiger partial charge in [-0.2, -0.15) is 13.2 Å². The van der Waals surface area contributed by atoms with Crippen LogP contribution in [0.1, 0.15) is 18.2 Å². The monoisotopic (exact) mass is 337 g/mol. The number of halogens is 3. The average molecular weight is 337 g/mol. The molecule has 1 unspecified atom stereocenters. The molecule has 128 valence electrons. The van der Waals surface area contributed by atoms with Gasteiger partial charge in [0.25, 0.3) is 0 Å². The van der Waals surface area contributed by atoms with Crippen molar-refractivity contribution in [1.29, 1.82) is 0 Å². The highest BCUT2D eigenvalue weighted by atomic mass is 19.4. The van der Waals surface area contributed by atoms with E-state index in [1.165, 1.54) is 6.07 Å². The Kier molecular flexibility index (Phi) is 3.89. The van der Waals surface area contributed by atoms with Gasteiger partial charge in [-0.25, -0.2) is 0 Å². The summed E-state index contributed by atoms with van der Waals surface area (Å²) >= 11 is 0. The lowest BCUT2D eigenvalue weighted by Gasteiger charge is -2.39. The molecular formula is C17H18F3N3O. The molecule has 1 aliphatic rings. The summed E-state index contributed by atoms with van der Waals surface area (Å²) < 4.78 is 38.8. The summed E-state index contributed by atoms with van der Waals surface area (Å²) in [6.45, 7) is 4.76. The molecule has 1 saturated heterocycles. The second-order valence-corrected chi connectivity index (χ2v) is 6.14. The number of amides is 1. The predicted octanol–water partition coefficient (Wildman–Crippen LogP) is 3.23. The molecule has 1 aromatic heterocycles. The van der Waals surface area contributed by atoms with Crippen molar-refractivity contribution in [2.24, 2.45) is 0 Å². The summed E-state index contributed by atoms with van der Waals surface area (Å²) in [6.07, 6.45) is -4.41. The molecular weight excluding hydrogens is 319 g/mol. The maximum atomic E-state index is 12.9. The van der Waals surface area contributed by atoms with Crippen molar-refractivity contribution in [2.75, 3.05) is 25.0 Å². The normalized spacial score (nSPS) is 19.2. The molecule has 1 amide bonds. The number of aryl methyl sites for hydroxylation is 1. The summed E-state index contributed by atoms with van der Waals surface area (Å²) in [5, 5.41) is 0.623. The van der Waals surface area contributed by atoms with E-state index in [4.69, 9.17) is 0 Å². The Labute approximate surface area is 137 Å². The lowest BCUT2D eigenvalue weighted by Crippen LogP contribution is -2.54. The van der Waals surface area contributed by atoms with E-state index in [0.29, 0.717) is 29.7 Å². The van der Waals surface area contributed by atoms with Crippen LogP contribution >= 0.6 is 0 Å². The quantitative estimate of drug-likeness (QED) is 0.802. The molecule has 1 atom stereocenters. The first-order valence-corrected chi connectivity index (χ1v) is 7.68. The number of carbonyl (C=O) groups excluding carboxylic acids is 1. The lowest BCUT2D eigenvalue weighted by atomic mass is 10.1. The molecule has 2 heterocycles. The Morgan fingerprint density at radius 1 is 1.21 bits per heavy atom. The van der Waals surface area contributed by atoms with Crippen molar-refractivity contribution in [1.82, 2.24) is 9.88 Å². The van der Waals surface area contributed by atoms with Crippen LogP contribution in [0.2, 0.25) is 0 Å². The van der Waals surface area contributed by atoms with Gasteiger partial charge in [0.05, 0.1) is 11.1 Å². The molecule has 0 N–H and O–H groups in total. The first kappa shape index (κ1) is 16.5. The van der Waals surface area contributed by atoms with Gasteiger partial charge in [-0.05, 0) is 32.0 Å². The summed E-state index contributed by atoms with van der Waals surface area (Å²) in [6, 6.07) is 5.02. The molecule has 0 radical (unpaired) electrons. The molecule has 1 aromatic carbocycles. The standard InChI is InChI=1S/C17H18F3N3O/c1-10-8-15(23-7-6-22(3)16(24)11(23)2)13-5-4-12(17(18,19)20)9-14(13)21-10/h4-5,8-9,11H,6-7H2,1-3H3. The first-order valence-electron chi connectivity index (χ1n) is 7.68. The number of alkyl halides is 3. The Balaban J connectivity index is 2.13. The summed E-state index contributed by atoms with van der Waals surface area (Å²) in [4.78, 5) is 20.1. The minimum atomic E-state index is -4.41. The average Bonchev–Trinajstić information content (AvgIpc) is 2.50. The van der Waals surface area contributed by atoms with E-state index in [1.54, 1.807) is 18.9 Å². The van der Waals surface area contributed by atoms with Gasteiger partial charge in [-0.3, -0.25) is 9.78 Å². The smallest absolute Gasteiger partial charge is 0.357 e. The van der Waals surface area contributed by atoms with Crippen LogP contribution in [0.4, 0.5) is 18.9 Å².